The zero-order chi connectivity index (χ0) is 12.5. The van der Waals surface area contributed by atoms with Gasteiger partial charge >= 0.3 is 0 Å². The van der Waals surface area contributed by atoms with Gasteiger partial charge in [-0.25, -0.2) is 8.78 Å². The molecule has 1 saturated heterocycles. The van der Waals surface area contributed by atoms with Crippen LogP contribution in [0.5, 0.6) is 0 Å². The molecule has 2 nitrogen and oxygen atoms in total. The van der Waals surface area contributed by atoms with E-state index in [-0.39, 0.29) is 37.8 Å². The van der Waals surface area contributed by atoms with Crippen LogP contribution in [0.4, 0.5) is 14.5 Å². The molecule has 6 heteroatoms. The van der Waals surface area contributed by atoms with Crippen LogP contribution in [0.1, 0.15) is 24.0 Å². The van der Waals surface area contributed by atoms with Gasteiger partial charge in [0, 0.05) is 25.2 Å². The van der Waals surface area contributed by atoms with Gasteiger partial charge in [-0.2, -0.15) is 0 Å². The normalized spacial score (nSPS) is 17.4. The number of anilines is 1. The summed E-state index contributed by atoms with van der Waals surface area (Å²) in [7, 11) is 0. The van der Waals surface area contributed by atoms with Gasteiger partial charge in [0.15, 0.2) is 0 Å². The van der Waals surface area contributed by atoms with E-state index in [1.165, 1.54) is 0 Å². The van der Waals surface area contributed by atoms with Crippen molar-refractivity contribution in [2.75, 3.05) is 18.0 Å². The molecule has 19 heavy (non-hydrogen) atoms. The van der Waals surface area contributed by atoms with Crippen molar-refractivity contribution < 1.29 is 8.78 Å². The molecule has 1 fully saturated rings. The van der Waals surface area contributed by atoms with Crippen LogP contribution in [-0.4, -0.2) is 19.0 Å². The highest BCUT2D eigenvalue weighted by molar-refractivity contribution is 5.85. The van der Waals surface area contributed by atoms with Crippen molar-refractivity contribution in [3.63, 3.8) is 0 Å². The Morgan fingerprint density at radius 3 is 2.53 bits per heavy atom. The molecule has 0 bridgehead atoms. The predicted molar refractivity (Wildman–Crippen MR) is 80.0 cm³/mol. The Bertz CT molecular complexity index is 414. The number of nitrogens with zero attached hydrogens (tertiary/aromatic N) is 1. The molecule has 110 valence electrons. The van der Waals surface area contributed by atoms with Gasteiger partial charge in [0.05, 0.1) is 6.54 Å². The fourth-order valence-electron chi connectivity index (χ4n) is 2.29. The number of hydrogen-bond acceptors (Lipinski definition) is 2. The smallest absolute Gasteiger partial charge is 0.265 e. The molecule has 0 saturated carbocycles. The van der Waals surface area contributed by atoms with Crippen LogP contribution in [0.25, 0.3) is 0 Å². The van der Waals surface area contributed by atoms with E-state index < -0.39 is 5.92 Å². The molecule has 0 aromatic heterocycles. The molecule has 0 unspecified atom stereocenters. The molecule has 1 aliphatic heterocycles. The number of halogens is 4. The summed E-state index contributed by atoms with van der Waals surface area (Å²) in [6, 6.07) is 5.76. The Labute approximate surface area is 125 Å². The summed E-state index contributed by atoms with van der Waals surface area (Å²) in [6.45, 7) is 2.99. The van der Waals surface area contributed by atoms with Crippen molar-refractivity contribution in [3.05, 3.63) is 29.3 Å². The second kappa shape index (κ2) is 7.27. The maximum Gasteiger partial charge on any atom is 0.265 e. The van der Waals surface area contributed by atoms with Crippen LogP contribution in [0.15, 0.2) is 18.2 Å². The van der Waals surface area contributed by atoms with Crippen LogP contribution in [0.2, 0.25) is 0 Å². The monoisotopic (exact) mass is 312 g/mol. The first-order valence-corrected chi connectivity index (χ1v) is 5.94. The zero-order valence-electron chi connectivity index (χ0n) is 10.9. The van der Waals surface area contributed by atoms with Gasteiger partial charge < -0.3 is 10.6 Å². The van der Waals surface area contributed by atoms with Gasteiger partial charge in [-0.05, 0) is 36.6 Å². The number of hydrogen-bond donors (Lipinski definition) is 1. The van der Waals surface area contributed by atoms with Crippen LogP contribution in [-0.2, 0) is 6.54 Å². The van der Waals surface area contributed by atoms with Crippen molar-refractivity contribution in [2.24, 2.45) is 5.73 Å². The minimum atomic E-state index is -2.56. The topological polar surface area (TPSA) is 29.3 Å². The maximum atomic E-state index is 13.3. The summed E-state index contributed by atoms with van der Waals surface area (Å²) in [4.78, 5) is 1.76. The molecule has 0 spiro atoms. The quantitative estimate of drug-likeness (QED) is 0.905. The number of nitrogens with two attached hydrogens (primary N) is 1. The molecule has 1 aromatic carbocycles. The summed E-state index contributed by atoms with van der Waals surface area (Å²) in [5.74, 6) is -2.56. The van der Waals surface area contributed by atoms with E-state index in [9.17, 15) is 8.78 Å². The van der Waals surface area contributed by atoms with Crippen molar-refractivity contribution >= 4 is 30.5 Å². The average molecular weight is 313 g/mol. The highest BCUT2D eigenvalue weighted by Gasteiger charge is 2.35. The summed E-state index contributed by atoms with van der Waals surface area (Å²) in [5, 5.41) is 0. The van der Waals surface area contributed by atoms with Gasteiger partial charge in [-0.15, -0.1) is 24.8 Å². The molecular weight excluding hydrogens is 293 g/mol. The van der Waals surface area contributed by atoms with E-state index in [0.29, 0.717) is 19.5 Å². The Morgan fingerprint density at radius 2 is 2.00 bits per heavy atom. The number of aryl methyl sites for hydroxylation is 1. The van der Waals surface area contributed by atoms with E-state index in [1.54, 1.807) is 4.90 Å². The lowest BCUT2D eigenvalue weighted by Crippen LogP contribution is -2.42. The molecule has 1 aromatic rings. The van der Waals surface area contributed by atoms with Gasteiger partial charge in [0.25, 0.3) is 5.92 Å². The lowest BCUT2D eigenvalue weighted by molar-refractivity contribution is -0.0116. The molecule has 2 N–H and O–H groups in total. The average Bonchev–Trinajstić information content (AvgIpc) is 2.27. The predicted octanol–water partition coefficient (Wildman–Crippen LogP) is 3.53. The van der Waals surface area contributed by atoms with Crippen LogP contribution in [0.3, 0.4) is 0 Å². The van der Waals surface area contributed by atoms with E-state index in [4.69, 9.17) is 5.73 Å². The van der Waals surface area contributed by atoms with Gasteiger partial charge in [0.1, 0.15) is 0 Å². The van der Waals surface area contributed by atoms with Crippen LogP contribution < -0.4 is 10.6 Å². The second-order valence-electron chi connectivity index (χ2n) is 4.70. The van der Waals surface area contributed by atoms with Crippen molar-refractivity contribution in [3.8, 4) is 0 Å². The van der Waals surface area contributed by atoms with Gasteiger partial charge in [0.2, 0.25) is 0 Å². The fraction of sp³-hybridized carbons (Fsp3) is 0.538. The summed E-state index contributed by atoms with van der Waals surface area (Å²) in [5.41, 5.74) is 8.60. The third-order valence-corrected chi connectivity index (χ3v) is 3.30. The van der Waals surface area contributed by atoms with Gasteiger partial charge in [-0.1, -0.05) is 6.07 Å². The first-order valence-electron chi connectivity index (χ1n) is 5.94. The van der Waals surface area contributed by atoms with Crippen LogP contribution >= 0.6 is 24.8 Å². The number of piperidine rings is 1. The van der Waals surface area contributed by atoms with E-state index in [0.717, 1.165) is 16.8 Å². The lowest BCUT2D eigenvalue weighted by Gasteiger charge is -2.34. The van der Waals surface area contributed by atoms with E-state index in [2.05, 4.69) is 0 Å². The lowest BCUT2D eigenvalue weighted by atomic mass is 10.0. The molecular formula is C13H20Cl2F2N2. The standard InChI is InChI=1S/C13H18F2N2.2ClH/c1-10-7-12(4-3-11(10)8-16)17-6-2-5-13(14,15)9-17;;/h3-4,7H,2,5-6,8-9,16H2,1H3;2*1H. The molecule has 0 atom stereocenters. The fourth-order valence-corrected chi connectivity index (χ4v) is 2.29. The Kier molecular flexibility index (Phi) is 7.05. The Morgan fingerprint density at radius 1 is 1.32 bits per heavy atom. The van der Waals surface area contributed by atoms with Crippen LogP contribution in [0, 0.1) is 6.92 Å². The largest absolute Gasteiger partial charge is 0.365 e. The summed E-state index contributed by atoms with van der Waals surface area (Å²) >= 11 is 0. The highest BCUT2D eigenvalue weighted by atomic mass is 35.5. The molecule has 0 radical (unpaired) electrons. The van der Waals surface area contributed by atoms with Gasteiger partial charge in [-0.3, -0.25) is 0 Å². The highest BCUT2D eigenvalue weighted by Crippen LogP contribution is 2.30. The third-order valence-electron chi connectivity index (χ3n) is 3.30. The summed E-state index contributed by atoms with van der Waals surface area (Å²) < 4.78 is 26.6. The second-order valence-corrected chi connectivity index (χ2v) is 4.70. The maximum absolute atomic E-state index is 13.3. The zero-order valence-corrected chi connectivity index (χ0v) is 12.5. The molecule has 0 aliphatic carbocycles. The minimum absolute atomic E-state index is 0. The molecule has 2 rings (SSSR count). The molecule has 1 aliphatic rings. The SMILES string of the molecule is Cc1cc(N2CCCC(F)(F)C2)ccc1CN.Cl.Cl. The number of alkyl halides is 2. The Hall–Kier alpha value is -0.580. The number of rotatable bonds is 2. The van der Waals surface area contributed by atoms with Crippen molar-refractivity contribution in [1.82, 2.24) is 0 Å². The van der Waals surface area contributed by atoms with E-state index >= 15 is 0 Å². The number of benzene rings is 1. The summed E-state index contributed by atoms with van der Waals surface area (Å²) in [6.07, 6.45) is 0.550. The minimum Gasteiger partial charge on any atom is -0.365 e. The third kappa shape index (κ3) is 4.48. The molecule has 0 amide bonds. The van der Waals surface area contributed by atoms with E-state index in [1.807, 2.05) is 25.1 Å². The van der Waals surface area contributed by atoms with Crippen molar-refractivity contribution in [1.29, 1.82) is 0 Å². The molecule has 1 heterocycles. The Balaban J connectivity index is 0.00000162. The first-order chi connectivity index (χ1) is 8.02. The first kappa shape index (κ1) is 18.4. The van der Waals surface area contributed by atoms with Crippen molar-refractivity contribution in [2.45, 2.75) is 32.2 Å².